The van der Waals surface area contributed by atoms with Gasteiger partial charge in [-0.15, -0.1) is 11.3 Å². The first-order valence-corrected chi connectivity index (χ1v) is 7.27. The van der Waals surface area contributed by atoms with Crippen LogP contribution < -0.4 is 10.5 Å². The molecule has 0 atom stereocenters. The molecule has 5 heteroatoms. The first-order chi connectivity index (χ1) is 9.86. The minimum atomic E-state index is 0.520. The van der Waals surface area contributed by atoms with Crippen LogP contribution in [0.4, 0.5) is 0 Å². The van der Waals surface area contributed by atoms with Crippen molar-refractivity contribution in [3.05, 3.63) is 48.0 Å². The van der Waals surface area contributed by atoms with Gasteiger partial charge < -0.3 is 15.5 Å². The van der Waals surface area contributed by atoms with Crippen LogP contribution in [-0.4, -0.2) is 23.1 Å². The summed E-state index contributed by atoms with van der Waals surface area (Å²) in [5, 5.41) is 2.04. The maximum atomic E-state index is 5.46. The summed E-state index contributed by atoms with van der Waals surface area (Å²) in [5.74, 6) is 1.73. The van der Waals surface area contributed by atoms with Gasteiger partial charge in [-0.3, -0.25) is 0 Å². The van der Waals surface area contributed by atoms with Crippen LogP contribution in [0.5, 0.6) is 5.75 Å². The quantitative estimate of drug-likeness (QED) is 0.757. The molecule has 3 N–H and O–H groups in total. The molecule has 0 aliphatic carbocycles. The Balaban J connectivity index is 1.79. The van der Waals surface area contributed by atoms with Crippen LogP contribution >= 0.6 is 11.3 Å². The number of nitrogens with zero attached hydrogens (tertiary/aromatic N) is 1. The van der Waals surface area contributed by atoms with Gasteiger partial charge in [-0.25, -0.2) is 4.98 Å². The molecular weight excluding hydrogens is 270 g/mol. The van der Waals surface area contributed by atoms with Gasteiger partial charge in [0.05, 0.1) is 16.8 Å². The summed E-state index contributed by atoms with van der Waals surface area (Å²) < 4.78 is 5.46. The van der Waals surface area contributed by atoms with Crippen molar-refractivity contribution < 1.29 is 4.74 Å². The number of ether oxygens (including phenoxy) is 1. The normalized spacial score (nSPS) is 10.7. The van der Waals surface area contributed by atoms with Gasteiger partial charge in [0.1, 0.15) is 18.2 Å². The number of nitrogens with one attached hydrogen (secondary N) is 1. The summed E-state index contributed by atoms with van der Waals surface area (Å²) in [4.78, 5) is 8.89. The molecule has 0 saturated heterocycles. The maximum Gasteiger partial charge on any atom is 0.147 e. The summed E-state index contributed by atoms with van der Waals surface area (Å²) in [6.07, 6.45) is 1.85. The molecule has 20 heavy (non-hydrogen) atoms. The van der Waals surface area contributed by atoms with E-state index in [1.807, 2.05) is 41.9 Å². The van der Waals surface area contributed by atoms with Crippen molar-refractivity contribution in [1.29, 1.82) is 0 Å². The molecule has 0 unspecified atom stereocenters. The summed E-state index contributed by atoms with van der Waals surface area (Å²) in [5.41, 5.74) is 7.49. The van der Waals surface area contributed by atoms with Gasteiger partial charge in [0.25, 0.3) is 0 Å². The van der Waals surface area contributed by atoms with E-state index in [1.54, 1.807) is 11.3 Å². The second-order valence-corrected chi connectivity index (χ2v) is 5.23. The zero-order valence-electron chi connectivity index (χ0n) is 10.9. The number of aromatic nitrogens is 2. The zero-order valence-corrected chi connectivity index (χ0v) is 11.7. The zero-order chi connectivity index (χ0) is 13.8. The Morgan fingerprint density at radius 1 is 1.20 bits per heavy atom. The molecule has 2 heterocycles. The maximum absolute atomic E-state index is 5.46. The molecule has 0 radical (unpaired) electrons. The minimum Gasteiger partial charge on any atom is -0.492 e. The van der Waals surface area contributed by atoms with Gasteiger partial charge in [-0.05, 0) is 41.3 Å². The average molecular weight is 285 g/mol. The predicted octanol–water partition coefficient (Wildman–Crippen LogP) is 3.14. The first-order valence-electron chi connectivity index (χ1n) is 6.39. The highest BCUT2D eigenvalue weighted by Crippen LogP contribution is 2.26. The highest BCUT2D eigenvalue weighted by molar-refractivity contribution is 7.13. The predicted molar refractivity (Wildman–Crippen MR) is 81.9 cm³/mol. The third-order valence-electron chi connectivity index (χ3n) is 2.88. The summed E-state index contributed by atoms with van der Waals surface area (Å²) in [7, 11) is 0. The van der Waals surface area contributed by atoms with Gasteiger partial charge in [0, 0.05) is 6.54 Å². The van der Waals surface area contributed by atoms with E-state index in [0.717, 1.165) is 27.7 Å². The van der Waals surface area contributed by atoms with Crippen LogP contribution in [0.3, 0.4) is 0 Å². The summed E-state index contributed by atoms with van der Waals surface area (Å²) >= 11 is 1.67. The lowest BCUT2D eigenvalue weighted by Crippen LogP contribution is -2.10. The fraction of sp³-hybridized carbons (Fsp3) is 0.133. The van der Waals surface area contributed by atoms with Gasteiger partial charge in [-0.2, -0.15) is 0 Å². The van der Waals surface area contributed by atoms with Crippen molar-refractivity contribution >= 4 is 11.3 Å². The Morgan fingerprint density at radius 3 is 2.75 bits per heavy atom. The molecule has 3 aromatic rings. The highest BCUT2D eigenvalue weighted by Gasteiger charge is 2.06. The van der Waals surface area contributed by atoms with Crippen LogP contribution in [0, 0.1) is 0 Å². The number of hydrogen-bond donors (Lipinski definition) is 2. The van der Waals surface area contributed by atoms with Crippen molar-refractivity contribution in [3.63, 3.8) is 0 Å². The van der Waals surface area contributed by atoms with E-state index >= 15 is 0 Å². The van der Waals surface area contributed by atoms with Crippen molar-refractivity contribution in [3.8, 4) is 27.7 Å². The molecule has 2 aromatic heterocycles. The number of hydrogen-bond acceptors (Lipinski definition) is 4. The Kier molecular flexibility index (Phi) is 3.80. The van der Waals surface area contributed by atoms with Crippen molar-refractivity contribution in [2.45, 2.75) is 0 Å². The third-order valence-corrected chi connectivity index (χ3v) is 3.76. The first kappa shape index (κ1) is 12.9. The van der Waals surface area contributed by atoms with Crippen LogP contribution in [0.15, 0.2) is 48.0 Å². The number of benzene rings is 1. The van der Waals surface area contributed by atoms with Gasteiger partial charge in [-0.1, -0.05) is 6.07 Å². The Labute approximate surface area is 121 Å². The molecule has 3 rings (SSSR count). The number of nitrogens with two attached hydrogens (primary N) is 1. The van der Waals surface area contributed by atoms with E-state index < -0.39 is 0 Å². The van der Waals surface area contributed by atoms with E-state index in [2.05, 4.69) is 16.0 Å². The molecular formula is C15H15N3OS. The van der Waals surface area contributed by atoms with Gasteiger partial charge >= 0.3 is 0 Å². The fourth-order valence-electron chi connectivity index (χ4n) is 1.91. The summed E-state index contributed by atoms with van der Waals surface area (Å²) in [6, 6.07) is 12.0. The topological polar surface area (TPSA) is 63.9 Å². The second-order valence-electron chi connectivity index (χ2n) is 4.28. The van der Waals surface area contributed by atoms with Gasteiger partial charge in [0.2, 0.25) is 0 Å². The fourth-order valence-corrected chi connectivity index (χ4v) is 2.59. The van der Waals surface area contributed by atoms with Crippen LogP contribution in [0.25, 0.3) is 22.0 Å². The van der Waals surface area contributed by atoms with Crippen LogP contribution in [-0.2, 0) is 0 Å². The van der Waals surface area contributed by atoms with E-state index in [-0.39, 0.29) is 0 Å². The second kappa shape index (κ2) is 5.90. The molecule has 0 saturated carbocycles. The van der Waals surface area contributed by atoms with Gasteiger partial charge in [0.15, 0.2) is 0 Å². The Bertz CT molecular complexity index is 659. The standard InChI is InChI=1S/C15H15N3OS/c16-7-8-19-12-5-3-11(4-6-12)13-10-17-15(18-13)14-2-1-9-20-14/h1-6,9-10H,7-8,16H2,(H,17,18). The number of aromatic amines is 1. The molecule has 1 aromatic carbocycles. The van der Waals surface area contributed by atoms with Crippen molar-refractivity contribution in [1.82, 2.24) is 9.97 Å². The highest BCUT2D eigenvalue weighted by atomic mass is 32.1. The van der Waals surface area contributed by atoms with E-state index in [4.69, 9.17) is 10.5 Å². The lowest BCUT2D eigenvalue weighted by atomic mass is 10.2. The third kappa shape index (κ3) is 2.74. The van der Waals surface area contributed by atoms with Crippen molar-refractivity contribution in [2.75, 3.05) is 13.2 Å². The monoisotopic (exact) mass is 285 g/mol. The summed E-state index contributed by atoms with van der Waals surface area (Å²) in [6.45, 7) is 1.05. The molecule has 0 fully saturated rings. The number of rotatable bonds is 5. The lowest BCUT2D eigenvalue weighted by molar-refractivity contribution is 0.328. The molecule has 0 aliphatic rings. The lowest BCUT2D eigenvalue weighted by Gasteiger charge is -2.04. The molecule has 0 amide bonds. The smallest absolute Gasteiger partial charge is 0.147 e. The van der Waals surface area contributed by atoms with E-state index in [9.17, 15) is 0 Å². The largest absolute Gasteiger partial charge is 0.492 e. The molecule has 0 bridgehead atoms. The number of thiophene rings is 1. The van der Waals surface area contributed by atoms with E-state index in [0.29, 0.717) is 13.2 Å². The molecule has 102 valence electrons. The molecule has 4 nitrogen and oxygen atoms in total. The molecule has 0 spiro atoms. The van der Waals surface area contributed by atoms with Crippen LogP contribution in [0.2, 0.25) is 0 Å². The van der Waals surface area contributed by atoms with Crippen LogP contribution in [0.1, 0.15) is 0 Å². The number of H-pyrrole nitrogens is 1. The Hall–Kier alpha value is -2.11. The minimum absolute atomic E-state index is 0.520. The van der Waals surface area contributed by atoms with E-state index in [1.165, 1.54) is 0 Å². The Morgan fingerprint density at radius 2 is 2.05 bits per heavy atom. The van der Waals surface area contributed by atoms with Crippen molar-refractivity contribution in [2.24, 2.45) is 5.73 Å². The SMILES string of the molecule is NCCOc1ccc(-c2cnc(-c3cccs3)[nH]2)cc1. The number of imidazole rings is 1. The average Bonchev–Trinajstić information content (AvgIpc) is 3.16. The molecule has 0 aliphatic heterocycles.